The van der Waals surface area contributed by atoms with E-state index in [0.29, 0.717) is 35.8 Å². The van der Waals surface area contributed by atoms with Crippen molar-refractivity contribution in [2.45, 2.75) is 57.1 Å². The second-order valence-electron chi connectivity index (χ2n) is 11.9. The number of rotatable bonds is 18. The summed E-state index contributed by atoms with van der Waals surface area (Å²) in [7, 11) is 0.0293. The summed E-state index contributed by atoms with van der Waals surface area (Å²) in [5.41, 5.74) is 1.77. The molecule has 2 unspecified atom stereocenters. The number of hydrogen-bond donors (Lipinski definition) is 1. The SMILES string of the molecule is CCOc1ccc(N(CC(=O)N(Cc2cccc(OC)c2)C(Cc2ccccc2)C(=O)NC(C)CC)S(=O)(=O)c2ccc(OC)c(OC)c2)cc1. The Morgan fingerprint density at radius 2 is 1.45 bits per heavy atom. The molecule has 0 saturated heterocycles. The zero-order valence-corrected chi connectivity index (χ0v) is 30.8. The molecule has 0 aliphatic heterocycles. The van der Waals surface area contributed by atoms with Gasteiger partial charge in [-0.1, -0.05) is 49.4 Å². The molecule has 0 aromatic heterocycles. The zero-order chi connectivity index (χ0) is 37.0. The third kappa shape index (κ3) is 9.94. The molecule has 0 spiro atoms. The smallest absolute Gasteiger partial charge is 0.264 e. The minimum atomic E-state index is -4.39. The van der Waals surface area contributed by atoms with Crippen molar-refractivity contribution in [1.82, 2.24) is 10.2 Å². The highest BCUT2D eigenvalue weighted by Gasteiger charge is 2.35. The van der Waals surface area contributed by atoms with Gasteiger partial charge in [0.05, 0.1) is 38.5 Å². The van der Waals surface area contributed by atoms with E-state index in [1.165, 1.54) is 37.3 Å². The minimum Gasteiger partial charge on any atom is -0.497 e. The van der Waals surface area contributed by atoms with Gasteiger partial charge in [-0.25, -0.2) is 8.42 Å². The van der Waals surface area contributed by atoms with Crippen LogP contribution in [0.4, 0.5) is 5.69 Å². The molecule has 0 aliphatic carbocycles. The van der Waals surface area contributed by atoms with E-state index in [0.717, 1.165) is 9.87 Å². The van der Waals surface area contributed by atoms with Gasteiger partial charge in [0, 0.05) is 25.1 Å². The standard InChI is InChI=1S/C39H47N3O8S/c1-7-28(3)40-39(44)35(24-29-13-10-9-11-14-29)41(26-30-15-12-16-33(23-30)47-4)38(43)27-42(31-17-19-32(20-18-31)50-8-2)51(45,46)34-21-22-36(48-5)37(25-34)49-6/h9-23,25,28,35H,7-8,24,26-27H2,1-6H3,(H,40,44). The predicted molar refractivity (Wildman–Crippen MR) is 197 cm³/mol. The summed E-state index contributed by atoms with van der Waals surface area (Å²) in [6.07, 6.45) is 0.882. The van der Waals surface area contributed by atoms with Gasteiger partial charge >= 0.3 is 0 Å². The van der Waals surface area contributed by atoms with Crippen LogP contribution in [0.1, 0.15) is 38.3 Å². The van der Waals surface area contributed by atoms with E-state index in [9.17, 15) is 18.0 Å². The Morgan fingerprint density at radius 1 is 0.765 bits per heavy atom. The average Bonchev–Trinajstić information content (AvgIpc) is 3.15. The summed E-state index contributed by atoms with van der Waals surface area (Å²) >= 11 is 0. The van der Waals surface area contributed by atoms with E-state index in [-0.39, 0.29) is 41.2 Å². The van der Waals surface area contributed by atoms with Crippen LogP contribution in [0.5, 0.6) is 23.0 Å². The van der Waals surface area contributed by atoms with Crippen LogP contribution < -0.4 is 28.6 Å². The Kier molecular flexibility index (Phi) is 13.7. The fourth-order valence-corrected chi connectivity index (χ4v) is 6.90. The topological polar surface area (TPSA) is 124 Å². The van der Waals surface area contributed by atoms with E-state index in [2.05, 4.69) is 5.32 Å². The quantitative estimate of drug-likeness (QED) is 0.136. The van der Waals surface area contributed by atoms with Gasteiger partial charge in [0.2, 0.25) is 11.8 Å². The van der Waals surface area contributed by atoms with Crippen LogP contribution in [0.3, 0.4) is 0 Å². The predicted octanol–water partition coefficient (Wildman–Crippen LogP) is 5.86. The molecular weight excluding hydrogens is 671 g/mol. The number of anilines is 1. The highest BCUT2D eigenvalue weighted by Crippen LogP contribution is 2.33. The number of benzene rings is 4. The van der Waals surface area contributed by atoms with Gasteiger partial charge in [0.15, 0.2) is 11.5 Å². The molecule has 272 valence electrons. The molecule has 2 amide bonds. The highest BCUT2D eigenvalue weighted by atomic mass is 32.2. The van der Waals surface area contributed by atoms with Crippen molar-refractivity contribution in [1.29, 1.82) is 0 Å². The molecule has 0 aliphatic rings. The summed E-state index contributed by atoms with van der Waals surface area (Å²) in [5.74, 6) is 0.744. The van der Waals surface area contributed by atoms with Crippen LogP contribution in [-0.2, 0) is 32.6 Å². The van der Waals surface area contributed by atoms with Crippen molar-refractivity contribution < 1.29 is 37.0 Å². The van der Waals surface area contributed by atoms with Crippen LogP contribution in [0.25, 0.3) is 0 Å². The molecule has 0 saturated carbocycles. The molecule has 0 bridgehead atoms. The molecule has 4 rings (SSSR count). The van der Waals surface area contributed by atoms with Crippen molar-refractivity contribution >= 4 is 27.5 Å². The van der Waals surface area contributed by atoms with E-state index >= 15 is 0 Å². The number of nitrogens with zero attached hydrogens (tertiary/aromatic N) is 2. The third-order valence-electron chi connectivity index (χ3n) is 8.42. The Bertz CT molecular complexity index is 1850. The molecule has 0 heterocycles. The van der Waals surface area contributed by atoms with Crippen LogP contribution in [0.2, 0.25) is 0 Å². The number of nitrogens with one attached hydrogen (secondary N) is 1. The molecule has 4 aromatic carbocycles. The first-order chi connectivity index (χ1) is 24.5. The molecule has 0 radical (unpaired) electrons. The van der Waals surface area contributed by atoms with Crippen LogP contribution in [0.15, 0.2) is 102 Å². The first-order valence-corrected chi connectivity index (χ1v) is 18.2. The summed E-state index contributed by atoms with van der Waals surface area (Å²) < 4.78 is 51.9. The van der Waals surface area contributed by atoms with E-state index in [1.807, 2.05) is 57.2 Å². The molecule has 2 atom stereocenters. The highest BCUT2D eigenvalue weighted by molar-refractivity contribution is 7.92. The fourth-order valence-electron chi connectivity index (χ4n) is 5.47. The molecule has 51 heavy (non-hydrogen) atoms. The first-order valence-electron chi connectivity index (χ1n) is 16.8. The van der Waals surface area contributed by atoms with Gasteiger partial charge in [-0.15, -0.1) is 0 Å². The summed E-state index contributed by atoms with van der Waals surface area (Å²) in [5, 5.41) is 3.05. The number of hydrogen-bond acceptors (Lipinski definition) is 8. The lowest BCUT2D eigenvalue weighted by Crippen LogP contribution is -2.54. The van der Waals surface area contributed by atoms with Gasteiger partial charge in [0.25, 0.3) is 10.0 Å². The second-order valence-corrected chi connectivity index (χ2v) is 13.7. The maximum Gasteiger partial charge on any atom is 0.264 e. The number of carbonyl (C=O) groups is 2. The molecule has 12 heteroatoms. The van der Waals surface area contributed by atoms with Gasteiger partial charge in [0.1, 0.15) is 24.1 Å². The molecular formula is C39H47N3O8S. The second kappa shape index (κ2) is 18.1. The van der Waals surface area contributed by atoms with Crippen molar-refractivity contribution in [3.05, 3.63) is 108 Å². The Balaban J connectivity index is 1.85. The lowest BCUT2D eigenvalue weighted by Gasteiger charge is -2.34. The van der Waals surface area contributed by atoms with Crippen molar-refractivity contribution in [2.24, 2.45) is 0 Å². The molecule has 4 aromatic rings. The maximum atomic E-state index is 14.8. The maximum absolute atomic E-state index is 14.8. The number of ether oxygens (including phenoxy) is 4. The van der Waals surface area contributed by atoms with E-state index in [4.69, 9.17) is 18.9 Å². The Hall–Kier alpha value is -5.23. The first kappa shape index (κ1) is 38.6. The molecule has 0 fully saturated rings. The molecule has 11 nitrogen and oxygen atoms in total. The van der Waals surface area contributed by atoms with E-state index in [1.54, 1.807) is 49.6 Å². The minimum absolute atomic E-state index is 0.00891. The third-order valence-corrected chi connectivity index (χ3v) is 10.2. The average molecular weight is 718 g/mol. The fraction of sp³-hybridized carbons (Fsp3) is 0.333. The lowest BCUT2D eigenvalue weighted by molar-refractivity contribution is -0.140. The van der Waals surface area contributed by atoms with Crippen molar-refractivity contribution in [3.63, 3.8) is 0 Å². The van der Waals surface area contributed by atoms with Gasteiger partial charge in [-0.05, 0) is 79.9 Å². The van der Waals surface area contributed by atoms with Crippen LogP contribution in [-0.4, -0.2) is 71.7 Å². The van der Waals surface area contributed by atoms with Gasteiger partial charge in [-0.2, -0.15) is 0 Å². The van der Waals surface area contributed by atoms with Gasteiger partial charge < -0.3 is 29.2 Å². The normalized spacial score (nSPS) is 12.3. The van der Waals surface area contributed by atoms with E-state index < -0.39 is 28.5 Å². The summed E-state index contributed by atoms with van der Waals surface area (Å²) in [6.45, 7) is 5.53. The monoisotopic (exact) mass is 717 g/mol. The number of sulfonamides is 1. The summed E-state index contributed by atoms with van der Waals surface area (Å²) in [6, 6.07) is 26.2. The van der Waals surface area contributed by atoms with Gasteiger partial charge in [-0.3, -0.25) is 13.9 Å². The Labute approximate surface area is 301 Å². The van der Waals surface area contributed by atoms with Crippen molar-refractivity contribution in [2.75, 3.05) is 38.8 Å². The zero-order valence-electron chi connectivity index (χ0n) is 30.0. The van der Waals surface area contributed by atoms with Crippen LogP contribution >= 0.6 is 0 Å². The number of carbonyl (C=O) groups excluding carboxylic acids is 2. The largest absolute Gasteiger partial charge is 0.497 e. The Morgan fingerprint density at radius 3 is 2.08 bits per heavy atom. The lowest BCUT2D eigenvalue weighted by atomic mass is 10.0. The number of methoxy groups -OCH3 is 3. The van der Waals surface area contributed by atoms with Crippen molar-refractivity contribution in [3.8, 4) is 23.0 Å². The summed E-state index contributed by atoms with van der Waals surface area (Å²) in [4.78, 5) is 30.2. The number of amides is 2. The van der Waals surface area contributed by atoms with Crippen LogP contribution in [0, 0.1) is 0 Å². The molecule has 1 N–H and O–H groups in total.